The molecule has 0 aliphatic carbocycles. The molecule has 108 valence electrons. The van der Waals surface area contributed by atoms with Crippen molar-refractivity contribution in [2.45, 2.75) is 13.3 Å². The van der Waals surface area contributed by atoms with Gasteiger partial charge in [-0.3, -0.25) is 0 Å². The van der Waals surface area contributed by atoms with Crippen molar-refractivity contribution in [3.05, 3.63) is 64.7 Å². The van der Waals surface area contributed by atoms with Crippen LogP contribution in [0.1, 0.15) is 27.0 Å². The monoisotopic (exact) mass is 285 g/mol. The average Bonchev–Trinajstić information content (AvgIpc) is 2.43. The second-order valence-corrected chi connectivity index (χ2v) is 4.60. The van der Waals surface area contributed by atoms with Gasteiger partial charge in [0.2, 0.25) is 0 Å². The van der Waals surface area contributed by atoms with Gasteiger partial charge in [0.1, 0.15) is 5.75 Å². The molecule has 5 nitrogen and oxygen atoms in total. The predicted molar refractivity (Wildman–Crippen MR) is 77.6 cm³/mol. The third kappa shape index (κ3) is 3.39. The van der Waals surface area contributed by atoms with Crippen LogP contribution < -0.4 is 10.5 Å². The highest BCUT2D eigenvalue weighted by atomic mass is 16.5. The highest BCUT2D eigenvalue weighted by Gasteiger charge is 2.17. The number of amides is 1. The van der Waals surface area contributed by atoms with Crippen molar-refractivity contribution in [2.24, 2.45) is 5.73 Å². The van der Waals surface area contributed by atoms with E-state index in [1.165, 1.54) is 12.1 Å². The van der Waals surface area contributed by atoms with Crippen LogP contribution in [0.3, 0.4) is 0 Å². The first-order chi connectivity index (χ1) is 9.99. The van der Waals surface area contributed by atoms with Crippen LogP contribution in [0.5, 0.6) is 5.75 Å². The van der Waals surface area contributed by atoms with Gasteiger partial charge in [-0.25, -0.2) is 9.59 Å². The Labute approximate surface area is 122 Å². The van der Waals surface area contributed by atoms with Gasteiger partial charge in [0.05, 0.1) is 5.56 Å². The molecule has 0 aliphatic heterocycles. The lowest BCUT2D eigenvalue weighted by atomic mass is 9.95. The molecule has 0 atom stereocenters. The Morgan fingerprint density at radius 3 is 2.38 bits per heavy atom. The van der Waals surface area contributed by atoms with E-state index in [4.69, 9.17) is 10.5 Å². The summed E-state index contributed by atoms with van der Waals surface area (Å²) in [4.78, 5) is 22.2. The maximum Gasteiger partial charge on any atom is 0.409 e. The summed E-state index contributed by atoms with van der Waals surface area (Å²) in [5.74, 6) is -0.735. The Balaban J connectivity index is 2.50. The number of nitrogens with two attached hydrogens (primary N) is 1. The summed E-state index contributed by atoms with van der Waals surface area (Å²) < 4.78 is 4.98. The van der Waals surface area contributed by atoms with Gasteiger partial charge >= 0.3 is 12.1 Å². The zero-order valence-corrected chi connectivity index (χ0v) is 11.5. The van der Waals surface area contributed by atoms with Gasteiger partial charge in [0.15, 0.2) is 0 Å². The molecule has 0 heterocycles. The highest BCUT2D eigenvalue weighted by molar-refractivity contribution is 5.90. The van der Waals surface area contributed by atoms with Gasteiger partial charge in [-0.2, -0.15) is 0 Å². The largest absolute Gasteiger partial charge is 0.478 e. The molecule has 0 aromatic heterocycles. The maximum absolute atomic E-state index is 11.2. The van der Waals surface area contributed by atoms with Gasteiger partial charge in [-0.1, -0.05) is 30.3 Å². The van der Waals surface area contributed by atoms with Gasteiger partial charge < -0.3 is 15.6 Å². The Morgan fingerprint density at radius 2 is 1.81 bits per heavy atom. The van der Waals surface area contributed by atoms with E-state index in [1.54, 1.807) is 6.92 Å². The minimum Gasteiger partial charge on any atom is -0.478 e. The van der Waals surface area contributed by atoms with Crippen molar-refractivity contribution in [1.29, 1.82) is 0 Å². The van der Waals surface area contributed by atoms with E-state index >= 15 is 0 Å². The van der Waals surface area contributed by atoms with Crippen LogP contribution in [-0.2, 0) is 6.42 Å². The van der Waals surface area contributed by atoms with E-state index in [2.05, 4.69) is 0 Å². The molecule has 5 heteroatoms. The molecule has 0 saturated heterocycles. The second-order valence-electron chi connectivity index (χ2n) is 4.60. The third-order valence-corrected chi connectivity index (χ3v) is 3.22. The number of carboxylic acids is 1. The van der Waals surface area contributed by atoms with Gasteiger partial charge in [0.25, 0.3) is 0 Å². The number of rotatable bonds is 4. The molecule has 3 N–H and O–H groups in total. The number of hydrogen-bond donors (Lipinski definition) is 2. The molecule has 0 fully saturated rings. The third-order valence-electron chi connectivity index (χ3n) is 3.22. The predicted octanol–water partition coefficient (Wildman–Crippen LogP) is 2.74. The van der Waals surface area contributed by atoms with Crippen LogP contribution in [-0.4, -0.2) is 17.2 Å². The van der Waals surface area contributed by atoms with Crippen molar-refractivity contribution in [1.82, 2.24) is 0 Å². The van der Waals surface area contributed by atoms with Crippen molar-refractivity contribution < 1.29 is 19.4 Å². The normalized spacial score (nSPS) is 10.1. The molecule has 0 spiro atoms. The number of carbonyl (C=O) groups excluding carboxylic acids is 1. The Morgan fingerprint density at radius 1 is 1.14 bits per heavy atom. The Bertz CT molecular complexity index is 680. The molecular weight excluding hydrogens is 270 g/mol. The molecule has 1 amide bonds. The summed E-state index contributed by atoms with van der Waals surface area (Å²) in [6, 6.07) is 12.4. The van der Waals surface area contributed by atoms with Crippen LogP contribution in [0.25, 0.3) is 0 Å². The van der Waals surface area contributed by atoms with Crippen LogP contribution in [0.2, 0.25) is 0 Å². The zero-order valence-electron chi connectivity index (χ0n) is 11.5. The Hall–Kier alpha value is -2.82. The van der Waals surface area contributed by atoms with Crippen molar-refractivity contribution in [2.75, 3.05) is 0 Å². The summed E-state index contributed by atoms with van der Waals surface area (Å²) in [6.45, 7) is 1.69. The maximum atomic E-state index is 11.2. The second kappa shape index (κ2) is 6.09. The fraction of sp³-hybridized carbons (Fsp3) is 0.125. The molecule has 0 saturated carbocycles. The van der Waals surface area contributed by atoms with E-state index < -0.39 is 12.1 Å². The smallest absolute Gasteiger partial charge is 0.409 e. The topological polar surface area (TPSA) is 89.6 Å². The summed E-state index contributed by atoms with van der Waals surface area (Å²) in [5.41, 5.74) is 7.42. The van der Waals surface area contributed by atoms with Gasteiger partial charge in [0, 0.05) is 12.0 Å². The number of ether oxygens (including phenoxy) is 1. The molecule has 2 aromatic carbocycles. The number of aromatic carboxylic acids is 1. The van der Waals surface area contributed by atoms with E-state index in [0.29, 0.717) is 17.5 Å². The van der Waals surface area contributed by atoms with Crippen LogP contribution >= 0.6 is 0 Å². The number of carbonyl (C=O) groups is 2. The number of primary amides is 1. The quantitative estimate of drug-likeness (QED) is 0.903. The zero-order chi connectivity index (χ0) is 15.4. The minimum absolute atomic E-state index is 0.178. The lowest BCUT2D eigenvalue weighted by Crippen LogP contribution is -2.18. The first-order valence-corrected chi connectivity index (χ1v) is 6.36. The molecule has 0 aliphatic rings. The van der Waals surface area contributed by atoms with Crippen LogP contribution in [0.15, 0.2) is 42.5 Å². The molecule has 2 rings (SSSR count). The minimum atomic E-state index is -1.02. The first kappa shape index (κ1) is 14.6. The Kier molecular flexibility index (Phi) is 4.23. The molecular formula is C16H15NO4. The molecule has 0 radical (unpaired) electrons. The van der Waals surface area contributed by atoms with E-state index in [1.807, 2.05) is 30.3 Å². The standard InChI is InChI=1S/C16H15NO4/c1-10-12(15(18)19)7-8-14(21-16(17)20)13(10)9-11-5-3-2-4-6-11/h2-8H,9H2,1H3,(H2,17,20)(H,18,19). The number of benzene rings is 2. The van der Waals surface area contributed by atoms with E-state index in [0.717, 1.165) is 5.56 Å². The lowest BCUT2D eigenvalue weighted by molar-refractivity contribution is 0.0696. The highest BCUT2D eigenvalue weighted by Crippen LogP contribution is 2.28. The van der Waals surface area contributed by atoms with Crippen molar-refractivity contribution >= 4 is 12.1 Å². The SMILES string of the molecule is Cc1c(C(=O)O)ccc(OC(N)=O)c1Cc1ccccc1. The van der Waals surface area contributed by atoms with E-state index in [9.17, 15) is 14.7 Å². The number of hydrogen-bond acceptors (Lipinski definition) is 3. The molecule has 21 heavy (non-hydrogen) atoms. The first-order valence-electron chi connectivity index (χ1n) is 6.36. The van der Waals surface area contributed by atoms with Gasteiger partial charge in [-0.15, -0.1) is 0 Å². The summed E-state index contributed by atoms with van der Waals surface area (Å²) in [7, 11) is 0. The summed E-state index contributed by atoms with van der Waals surface area (Å²) in [6.07, 6.45) is -0.470. The van der Waals surface area contributed by atoms with Crippen LogP contribution in [0, 0.1) is 6.92 Å². The summed E-state index contributed by atoms with van der Waals surface area (Å²) >= 11 is 0. The van der Waals surface area contributed by atoms with E-state index in [-0.39, 0.29) is 11.3 Å². The van der Waals surface area contributed by atoms with Gasteiger partial charge in [-0.05, 0) is 30.2 Å². The lowest BCUT2D eigenvalue weighted by Gasteiger charge is -2.14. The molecule has 0 unspecified atom stereocenters. The fourth-order valence-electron chi connectivity index (χ4n) is 2.19. The molecule has 0 bridgehead atoms. The fourth-order valence-corrected chi connectivity index (χ4v) is 2.19. The average molecular weight is 285 g/mol. The van der Waals surface area contributed by atoms with Crippen molar-refractivity contribution in [3.8, 4) is 5.75 Å². The molecule has 2 aromatic rings. The van der Waals surface area contributed by atoms with Crippen LogP contribution in [0.4, 0.5) is 4.79 Å². The summed E-state index contributed by atoms with van der Waals surface area (Å²) in [5, 5.41) is 9.20. The van der Waals surface area contributed by atoms with Crippen molar-refractivity contribution in [3.63, 3.8) is 0 Å². The number of carboxylic acid groups (broad SMARTS) is 1.